The number of ether oxygens (including phenoxy) is 9. The minimum absolute atomic E-state index is 0.147. The van der Waals surface area contributed by atoms with Gasteiger partial charge in [0.2, 0.25) is 0 Å². The summed E-state index contributed by atoms with van der Waals surface area (Å²) in [6.45, 7) is 8.67. The summed E-state index contributed by atoms with van der Waals surface area (Å²) in [6, 6.07) is 0. The lowest BCUT2D eigenvalue weighted by Gasteiger charge is -2.09. The second-order valence-corrected chi connectivity index (χ2v) is 8.82. The van der Waals surface area contributed by atoms with E-state index in [0.717, 1.165) is 12.8 Å². The van der Waals surface area contributed by atoms with Crippen LogP contribution in [0.15, 0.2) is 0 Å². The zero-order valence-corrected chi connectivity index (χ0v) is 24.6. The number of unbranched alkanes of at least 4 members (excludes halogenated alkanes) is 6. The fourth-order valence-corrected chi connectivity index (χ4v) is 3.21. The van der Waals surface area contributed by atoms with Crippen molar-refractivity contribution in [2.45, 2.75) is 58.3 Å². The highest BCUT2D eigenvalue weighted by Gasteiger charge is 2.02. The number of hydrogen-bond acceptors (Lipinski definition) is 11. The van der Waals surface area contributed by atoms with Gasteiger partial charge in [-0.05, 0) is 6.42 Å². The van der Waals surface area contributed by atoms with Crippen molar-refractivity contribution in [1.29, 1.82) is 0 Å². The van der Waals surface area contributed by atoms with Crippen LogP contribution in [-0.4, -0.2) is 129 Å². The third-order valence-corrected chi connectivity index (χ3v) is 5.30. The number of hydrogen-bond donors (Lipinski definition) is 1. The Morgan fingerprint density at radius 1 is 0.450 bits per heavy atom. The molecule has 0 heterocycles. The number of esters is 1. The van der Waals surface area contributed by atoms with Gasteiger partial charge in [-0.1, -0.05) is 45.4 Å². The molecule has 0 saturated carbocycles. The van der Waals surface area contributed by atoms with Gasteiger partial charge in [-0.3, -0.25) is 4.79 Å². The highest BCUT2D eigenvalue weighted by atomic mass is 16.6. The first kappa shape index (κ1) is 38.6. The van der Waals surface area contributed by atoms with Crippen molar-refractivity contribution in [1.82, 2.24) is 0 Å². The Morgan fingerprint density at radius 3 is 1.15 bits per heavy atom. The molecule has 0 aliphatic heterocycles. The summed E-state index contributed by atoms with van der Waals surface area (Å²) in [5.41, 5.74) is 0. The smallest absolute Gasteiger partial charge is 0.329 e. The topological polar surface area (TPSA) is 137 Å². The van der Waals surface area contributed by atoms with Crippen LogP contribution in [0, 0.1) is 0 Å². The van der Waals surface area contributed by atoms with E-state index in [1.54, 1.807) is 0 Å². The van der Waals surface area contributed by atoms with Crippen LogP contribution in [0.25, 0.3) is 0 Å². The Balaban J connectivity index is 3.11. The third-order valence-electron chi connectivity index (χ3n) is 5.30. The van der Waals surface area contributed by atoms with E-state index in [9.17, 15) is 9.59 Å². The van der Waals surface area contributed by atoms with Crippen molar-refractivity contribution >= 4 is 11.9 Å². The van der Waals surface area contributed by atoms with E-state index in [2.05, 4.69) is 6.92 Å². The Morgan fingerprint density at radius 2 is 0.775 bits per heavy atom. The van der Waals surface area contributed by atoms with E-state index in [0.29, 0.717) is 98.9 Å². The standard InChI is InChI=1S/C28H54O12/c1-2-3-4-5-6-7-8-9-28(31)40-25-24-38-21-20-36-17-16-34-13-12-32-10-11-33-14-15-35-18-19-37-22-23-39-26-27(29)30/h2-26H2,1H3,(H,29,30). The van der Waals surface area contributed by atoms with E-state index in [4.69, 9.17) is 47.7 Å². The Bertz CT molecular complexity index is 535. The third kappa shape index (κ3) is 34.6. The molecule has 0 bridgehead atoms. The summed E-state index contributed by atoms with van der Waals surface area (Å²) in [5, 5.41) is 8.41. The van der Waals surface area contributed by atoms with E-state index in [1.165, 1.54) is 32.1 Å². The number of carbonyl (C=O) groups is 2. The van der Waals surface area contributed by atoms with Crippen LogP contribution in [0.4, 0.5) is 0 Å². The maximum Gasteiger partial charge on any atom is 0.329 e. The molecule has 0 rings (SSSR count). The molecule has 0 aliphatic carbocycles. The van der Waals surface area contributed by atoms with Gasteiger partial charge in [-0.25, -0.2) is 4.79 Å². The summed E-state index contributed by atoms with van der Waals surface area (Å²) in [6.07, 6.45) is 8.77. The monoisotopic (exact) mass is 582 g/mol. The van der Waals surface area contributed by atoms with Crippen molar-refractivity contribution < 1.29 is 57.3 Å². The van der Waals surface area contributed by atoms with Crippen molar-refractivity contribution in [3.05, 3.63) is 0 Å². The maximum absolute atomic E-state index is 11.7. The number of carboxylic acid groups (broad SMARTS) is 1. The van der Waals surface area contributed by atoms with E-state index < -0.39 is 5.97 Å². The average molecular weight is 583 g/mol. The summed E-state index contributed by atoms with van der Waals surface area (Å²) in [5.74, 6) is -1.14. The molecule has 12 nitrogen and oxygen atoms in total. The molecule has 0 radical (unpaired) electrons. The first-order valence-corrected chi connectivity index (χ1v) is 14.7. The van der Waals surface area contributed by atoms with Gasteiger partial charge in [0.1, 0.15) is 13.2 Å². The number of carboxylic acids is 1. The quantitative estimate of drug-likeness (QED) is 0.0882. The molecule has 12 heteroatoms. The van der Waals surface area contributed by atoms with E-state index in [-0.39, 0.29) is 25.8 Å². The van der Waals surface area contributed by atoms with Gasteiger partial charge >= 0.3 is 11.9 Å². The Kier molecular flexibility index (Phi) is 32.7. The predicted octanol–water partition coefficient (Wildman–Crippen LogP) is 2.89. The van der Waals surface area contributed by atoms with Crippen molar-refractivity contribution in [3.63, 3.8) is 0 Å². The molecule has 238 valence electrons. The molecule has 1 N–H and O–H groups in total. The lowest BCUT2D eigenvalue weighted by molar-refractivity contribution is -0.145. The molecule has 0 aromatic heterocycles. The van der Waals surface area contributed by atoms with Gasteiger partial charge in [0.05, 0.1) is 99.1 Å². The first-order chi connectivity index (χ1) is 19.7. The molecule has 0 aliphatic rings. The van der Waals surface area contributed by atoms with Gasteiger partial charge in [0, 0.05) is 6.42 Å². The van der Waals surface area contributed by atoms with Gasteiger partial charge in [0.15, 0.2) is 0 Å². The van der Waals surface area contributed by atoms with Crippen LogP contribution in [0.3, 0.4) is 0 Å². The maximum atomic E-state index is 11.7. The lowest BCUT2D eigenvalue weighted by atomic mass is 10.1. The summed E-state index contributed by atoms with van der Waals surface area (Å²) >= 11 is 0. The van der Waals surface area contributed by atoms with Gasteiger partial charge in [0.25, 0.3) is 0 Å². The molecule has 0 spiro atoms. The largest absolute Gasteiger partial charge is 0.480 e. The molecule has 0 unspecified atom stereocenters. The van der Waals surface area contributed by atoms with Gasteiger partial charge in [-0.2, -0.15) is 0 Å². The molecular weight excluding hydrogens is 528 g/mol. The molecule has 0 amide bonds. The van der Waals surface area contributed by atoms with Gasteiger partial charge < -0.3 is 47.7 Å². The molecule has 0 fully saturated rings. The highest BCUT2D eigenvalue weighted by molar-refractivity contribution is 5.69. The number of carbonyl (C=O) groups excluding carboxylic acids is 1. The predicted molar refractivity (Wildman–Crippen MR) is 148 cm³/mol. The summed E-state index contributed by atoms with van der Waals surface area (Å²) in [7, 11) is 0. The second-order valence-electron chi connectivity index (χ2n) is 8.82. The number of rotatable bonds is 34. The zero-order valence-electron chi connectivity index (χ0n) is 24.6. The number of aliphatic carboxylic acids is 1. The summed E-state index contributed by atoms with van der Waals surface area (Å²) < 4.78 is 47.7. The van der Waals surface area contributed by atoms with Gasteiger partial charge in [-0.15, -0.1) is 0 Å². The molecule has 0 atom stereocenters. The lowest BCUT2D eigenvalue weighted by Crippen LogP contribution is -2.15. The van der Waals surface area contributed by atoms with Crippen LogP contribution in [-0.2, 0) is 52.2 Å². The second kappa shape index (κ2) is 33.8. The minimum Gasteiger partial charge on any atom is -0.480 e. The van der Waals surface area contributed by atoms with Crippen LogP contribution < -0.4 is 0 Å². The molecule has 40 heavy (non-hydrogen) atoms. The van der Waals surface area contributed by atoms with Crippen molar-refractivity contribution in [2.75, 3.05) is 112 Å². The van der Waals surface area contributed by atoms with Crippen molar-refractivity contribution in [2.24, 2.45) is 0 Å². The highest BCUT2D eigenvalue weighted by Crippen LogP contribution is 2.08. The molecule has 0 saturated heterocycles. The minimum atomic E-state index is -0.996. The SMILES string of the molecule is CCCCCCCCCC(=O)OCCOCCOCCOCCOCCOCCOCCOCCOCC(=O)O. The van der Waals surface area contributed by atoms with Crippen LogP contribution >= 0.6 is 0 Å². The van der Waals surface area contributed by atoms with Crippen molar-refractivity contribution in [3.8, 4) is 0 Å². The molecule has 0 aromatic carbocycles. The van der Waals surface area contributed by atoms with Crippen LogP contribution in [0.1, 0.15) is 58.3 Å². The fraction of sp³-hybridized carbons (Fsp3) is 0.929. The van der Waals surface area contributed by atoms with Crippen LogP contribution in [0.2, 0.25) is 0 Å². The Labute approximate surface area is 240 Å². The molecular formula is C28H54O12. The van der Waals surface area contributed by atoms with E-state index in [1.807, 2.05) is 0 Å². The zero-order chi connectivity index (χ0) is 29.2. The Hall–Kier alpha value is -1.38. The summed E-state index contributed by atoms with van der Waals surface area (Å²) in [4.78, 5) is 21.9. The fourth-order valence-electron chi connectivity index (χ4n) is 3.21. The average Bonchev–Trinajstić information content (AvgIpc) is 2.94. The molecule has 0 aromatic rings. The first-order valence-electron chi connectivity index (χ1n) is 14.7. The normalized spacial score (nSPS) is 11.2. The van der Waals surface area contributed by atoms with E-state index >= 15 is 0 Å². The van der Waals surface area contributed by atoms with Crippen LogP contribution in [0.5, 0.6) is 0 Å².